The number of rotatable bonds is 1. The van der Waals surface area contributed by atoms with Gasteiger partial charge in [0.25, 0.3) is 0 Å². The number of phenols is 1. The fraction of sp³-hybridized carbons (Fsp3) is 0.250. The molecule has 2 heterocycles. The number of benzene rings is 1. The lowest BCUT2D eigenvalue weighted by atomic mass is 10.0. The molecule has 0 radical (unpaired) electrons. The van der Waals surface area contributed by atoms with E-state index in [0.29, 0.717) is 0 Å². The molecule has 3 rings (SSSR count). The number of aromatic nitrogens is 1. The second-order valence-electron chi connectivity index (χ2n) is 3.92. The Morgan fingerprint density at radius 3 is 2.88 bits per heavy atom. The summed E-state index contributed by atoms with van der Waals surface area (Å²) in [5.41, 5.74) is 2.99. The van der Waals surface area contributed by atoms with Crippen molar-refractivity contribution in [1.82, 2.24) is 5.16 Å². The fourth-order valence-electron chi connectivity index (χ4n) is 1.99. The van der Waals surface area contributed by atoms with E-state index in [9.17, 15) is 5.11 Å². The lowest BCUT2D eigenvalue weighted by Crippen LogP contribution is -2.09. The first-order chi connectivity index (χ1) is 7.84. The van der Waals surface area contributed by atoms with Gasteiger partial charge in [-0.15, -0.1) is 0 Å². The second-order valence-corrected chi connectivity index (χ2v) is 3.92. The quantitative estimate of drug-likeness (QED) is 0.768. The standard InChI is InChI=1S/C12H12N2O2/c15-9-5-3-8(4-6-9)11-10-2-1-7-13-12(10)16-14-11/h3-6,13,15H,1-2,7H2. The summed E-state index contributed by atoms with van der Waals surface area (Å²) in [4.78, 5) is 0. The van der Waals surface area contributed by atoms with Crippen LogP contribution in [0.25, 0.3) is 11.3 Å². The van der Waals surface area contributed by atoms with Gasteiger partial charge in [0.1, 0.15) is 11.4 Å². The van der Waals surface area contributed by atoms with Gasteiger partial charge in [0, 0.05) is 17.7 Å². The van der Waals surface area contributed by atoms with E-state index in [1.54, 1.807) is 12.1 Å². The highest BCUT2D eigenvalue weighted by Gasteiger charge is 2.19. The van der Waals surface area contributed by atoms with Gasteiger partial charge in [0.05, 0.1) is 0 Å². The summed E-state index contributed by atoms with van der Waals surface area (Å²) >= 11 is 0. The van der Waals surface area contributed by atoms with Crippen LogP contribution in [0.2, 0.25) is 0 Å². The summed E-state index contributed by atoms with van der Waals surface area (Å²) in [5, 5.41) is 16.5. The molecule has 0 spiro atoms. The van der Waals surface area contributed by atoms with Crippen molar-refractivity contribution < 1.29 is 9.63 Å². The van der Waals surface area contributed by atoms with E-state index in [1.807, 2.05) is 12.1 Å². The molecular weight excluding hydrogens is 204 g/mol. The molecule has 0 unspecified atom stereocenters. The van der Waals surface area contributed by atoms with Gasteiger partial charge in [-0.25, -0.2) is 0 Å². The maximum Gasteiger partial charge on any atom is 0.228 e. The van der Waals surface area contributed by atoms with Gasteiger partial charge in [-0.05, 0) is 37.1 Å². The van der Waals surface area contributed by atoms with E-state index in [-0.39, 0.29) is 5.75 Å². The number of hydrogen-bond donors (Lipinski definition) is 2. The molecule has 1 aromatic heterocycles. The fourth-order valence-corrected chi connectivity index (χ4v) is 1.99. The highest BCUT2D eigenvalue weighted by atomic mass is 16.5. The molecule has 4 heteroatoms. The summed E-state index contributed by atoms with van der Waals surface area (Å²) in [6.45, 7) is 0.942. The van der Waals surface area contributed by atoms with E-state index in [1.165, 1.54) is 0 Å². The number of aromatic hydroxyl groups is 1. The molecule has 0 saturated heterocycles. The van der Waals surface area contributed by atoms with E-state index in [4.69, 9.17) is 4.52 Å². The minimum Gasteiger partial charge on any atom is -0.508 e. The number of nitrogens with zero attached hydrogens (tertiary/aromatic N) is 1. The molecule has 0 bridgehead atoms. The predicted molar refractivity (Wildman–Crippen MR) is 60.4 cm³/mol. The first-order valence-corrected chi connectivity index (χ1v) is 5.36. The Kier molecular flexibility index (Phi) is 2.06. The summed E-state index contributed by atoms with van der Waals surface area (Å²) in [5.74, 6) is 1.05. The first-order valence-electron chi connectivity index (χ1n) is 5.36. The minimum absolute atomic E-state index is 0.263. The Labute approximate surface area is 92.9 Å². The molecule has 1 aromatic carbocycles. The minimum atomic E-state index is 0.263. The third-order valence-electron chi connectivity index (χ3n) is 2.82. The number of anilines is 1. The van der Waals surface area contributed by atoms with Crippen LogP contribution in [-0.4, -0.2) is 16.8 Å². The highest BCUT2D eigenvalue weighted by Crippen LogP contribution is 2.32. The maximum absolute atomic E-state index is 9.24. The molecule has 0 atom stereocenters. The molecule has 0 amide bonds. The number of fused-ring (bicyclic) bond motifs is 1. The van der Waals surface area contributed by atoms with E-state index in [2.05, 4.69) is 10.5 Å². The molecule has 16 heavy (non-hydrogen) atoms. The number of nitrogens with one attached hydrogen (secondary N) is 1. The molecule has 82 valence electrons. The van der Waals surface area contributed by atoms with Crippen LogP contribution in [0.3, 0.4) is 0 Å². The summed E-state index contributed by atoms with van der Waals surface area (Å²) in [6, 6.07) is 7.02. The molecule has 1 aliphatic heterocycles. The number of hydrogen-bond acceptors (Lipinski definition) is 4. The van der Waals surface area contributed by atoms with E-state index in [0.717, 1.165) is 42.1 Å². The van der Waals surface area contributed by atoms with E-state index < -0.39 is 0 Å². The average Bonchev–Trinajstić information content (AvgIpc) is 2.74. The van der Waals surface area contributed by atoms with Gasteiger partial charge in [0.2, 0.25) is 5.88 Å². The maximum atomic E-state index is 9.24. The van der Waals surface area contributed by atoms with Gasteiger partial charge >= 0.3 is 0 Å². The first kappa shape index (κ1) is 9.27. The van der Waals surface area contributed by atoms with Crippen LogP contribution in [-0.2, 0) is 6.42 Å². The van der Waals surface area contributed by atoms with Crippen molar-refractivity contribution in [1.29, 1.82) is 0 Å². The third kappa shape index (κ3) is 1.43. The molecule has 0 aliphatic carbocycles. The SMILES string of the molecule is Oc1ccc(-c2noc3c2CCCN3)cc1. The number of phenolic OH excluding ortho intramolecular Hbond substituents is 1. The van der Waals surface area contributed by atoms with Crippen LogP contribution >= 0.6 is 0 Å². The van der Waals surface area contributed by atoms with Crippen molar-refractivity contribution in [3.8, 4) is 17.0 Å². The smallest absolute Gasteiger partial charge is 0.228 e. The predicted octanol–water partition coefficient (Wildman–Crippen LogP) is 2.41. The Morgan fingerprint density at radius 2 is 2.06 bits per heavy atom. The van der Waals surface area contributed by atoms with Crippen LogP contribution in [0.4, 0.5) is 5.88 Å². The van der Waals surface area contributed by atoms with Crippen LogP contribution in [0.1, 0.15) is 12.0 Å². The second kappa shape index (κ2) is 3.56. The topological polar surface area (TPSA) is 58.3 Å². The van der Waals surface area contributed by atoms with Crippen molar-refractivity contribution in [2.24, 2.45) is 0 Å². The zero-order valence-electron chi connectivity index (χ0n) is 8.73. The van der Waals surface area contributed by atoms with Crippen LogP contribution < -0.4 is 5.32 Å². The van der Waals surface area contributed by atoms with Crippen LogP contribution in [0.15, 0.2) is 28.8 Å². The van der Waals surface area contributed by atoms with Gasteiger partial charge in [0.15, 0.2) is 0 Å². The van der Waals surface area contributed by atoms with E-state index >= 15 is 0 Å². The largest absolute Gasteiger partial charge is 0.508 e. The lowest BCUT2D eigenvalue weighted by molar-refractivity contribution is 0.431. The Balaban J connectivity index is 2.06. The molecular formula is C12H12N2O2. The molecule has 4 nitrogen and oxygen atoms in total. The normalized spacial score (nSPS) is 14.2. The van der Waals surface area contributed by atoms with Gasteiger partial charge in [-0.1, -0.05) is 5.16 Å². The van der Waals surface area contributed by atoms with Gasteiger partial charge < -0.3 is 14.9 Å². The van der Waals surface area contributed by atoms with Crippen molar-refractivity contribution in [2.75, 3.05) is 11.9 Å². The molecule has 2 aromatic rings. The molecule has 0 saturated carbocycles. The van der Waals surface area contributed by atoms with Gasteiger partial charge in [-0.3, -0.25) is 0 Å². The van der Waals surface area contributed by atoms with Crippen LogP contribution in [0.5, 0.6) is 5.75 Å². The highest BCUT2D eigenvalue weighted by molar-refractivity contribution is 5.68. The van der Waals surface area contributed by atoms with Crippen molar-refractivity contribution in [3.05, 3.63) is 29.8 Å². The zero-order chi connectivity index (χ0) is 11.0. The molecule has 2 N–H and O–H groups in total. The summed E-state index contributed by atoms with van der Waals surface area (Å²) < 4.78 is 5.25. The van der Waals surface area contributed by atoms with Crippen molar-refractivity contribution in [3.63, 3.8) is 0 Å². The Bertz CT molecular complexity index is 502. The van der Waals surface area contributed by atoms with Crippen molar-refractivity contribution >= 4 is 5.88 Å². The van der Waals surface area contributed by atoms with Crippen molar-refractivity contribution in [2.45, 2.75) is 12.8 Å². The summed E-state index contributed by atoms with van der Waals surface area (Å²) in [7, 11) is 0. The molecule has 1 aliphatic rings. The van der Waals surface area contributed by atoms with Gasteiger partial charge in [-0.2, -0.15) is 0 Å². The lowest BCUT2D eigenvalue weighted by Gasteiger charge is -2.11. The molecule has 0 fully saturated rings. The monoisotopic (exact) mass is 216 g/mol. The Hall–Kier alpha value is -1.97. The zero-order valence-corrected chi connectivity index (χ0v) is 8.73. The third-order valence-corrected chi connectivity index (χ3v) is 2.82. The Morgan fingerprint density at radius 1 is 1.25 bits per heavy atom. The average molecular weight is 216 g/mol. The summed E-state index contributed by atoms with van der Waals surface area (Å²) in [6.07, 6.45) is 2.08. The van der Waals surface area contributed by atoms with Crippen LogP contribution in [0, 0.1) is 0 Å².